The zero-order valence-electron chi connectivity index (χ0n) is 16.2. The van der Waals surface area contributed by atoms with Crippen molar-refractivity contribution in [2.24, 2.45) is 0 Å². The number of fused-ring (bicyclic) bond motifs is 1. The maximum atomic E-state index is 11.7. The van der Waals surface area contributed by atoms with Crippen molar-refractivity contribution >= 4 is 19.9 Å². The van der Waals surface area contributed by atoms with E-state index in [-0.39, 0.29) is 10.9 Å². The Morgan fingerprint density at radius 2 is 1.92 bits per heavy atom. The highest BCUT2D eigenvalue weighted by molar-refractivity contribution is 6.74. The van der Waals surface area contributed by atoms with E-state index >= 15 is 0 Å². The van der Waals surface area contributed by atoms with Crippen molar-refractivity contribution in [3.63, 3.8) is 0 Å². The SMILES string of the molecule is CC(=O)N1CCc2c1ccc(C)c2OCCO[Si](C)(C)C(C)(C)C. The maximum absolute atomic E-state index is 11.7. The van der Waals surface area contributed by atoms with Crippen LogP contribution in [0.2, 0.25) is 18.1 Å². The van der Waals surface area contributed by atoms with Crippen molar-refractivity contribution in [1.82, 2.24) is 0 Å². The molecule has 0 aromatic heterocycles. The van der Waals surface area contributed by atoms with Crippen LogP contribution in [-0.2, 0) is 15.6 Å². The Bertz CT molecular complexity index is 620. The Morgan fingerprint density at radius 1 is 1.25 bits per heavy atom. The van der Waals surface area contributed by atoms with Crippen LogP contribution in [0.4, 0.5) is 5.69 Å². The van der Waals surface area contributed by atoms with Gasteiger partial charge in [-0.3, -0.25) is 4.79 Å². The molecule has 2 rings (SSSR count). The lowest BCUT2D eigenvalue weighted by atomic mass is 10.1. The molecule has 0 aliphatic carbocycles. The van der Waals surface area contributed by atoms with E-state index in [0.717, 1.165) is 35.5 Å². The second-order valence-electron chi connectivity index (χ2n) is 8.09. The molecule has 0 saturated carbocycles. The average molecular weight is 350 g/mol. The molecular weight excluding hydrogens is 318 g/mol. The van der Waals surface area contributed by atoms with Crippen LogP contribution in [0.3, 0.4) is 0 Å². The van der Waals surface area contributed by atoms with Crippen molar-refractivity contribution < 1.29 is 14.0 Å². The lowest BCUT2D eigenvalue weighted by Crippen LogP contribution is -2.41. The van der Waals surface area contributed by atoms with Crippen LogP contribution in [0.1, 0.15) is 38.8 Å². The van der Waals surface area contributed by atoms with Crippen LogP contribution >= 0.6 is 0 Å². The number of amides is 1. The molecule has 1 heterocycles. The molecule has 0 fully saturated rings. The van der Waals surface area contributed by atoms with Crippen LogP contribution in [0, 0.1) is 6.92 Å². The predicted octanol–water partition coefficient (Wildman–Crippen LogP) is 4.30. The smallest absolute Gasteiger partial charge is 0.223 e. The summed E-state index contributed by atoms with van der Waals surface area (Å²) in [6.07, 6.45) is 0.856. The van der Waals surface area contributed by atoms with Crippen LogP contribution in [-0.4, -0.2) is 34.0 Å². The fourth-order valence-corrected chi connectivity index (χ4v) is 3.78. The van der Waals surface area contributed by atoms with Gasteiger partial charge in [-0.2, -0.15) is 0 Å². The van der Waals surface area contributed by atoms with Crippen LogP contribution in [0.25, 0.3) is 0 Å². The lowest BCUT2D eigenvalue weighted by Gasteiger charge is -2.36. The quantitative estimate of drug-likeness (QED) is 0.587. The summed E-state index contributed by atoms with van der Waals surface area (Å²) in [6.45, 7) is 16.8. The first-order valence-corrected chi connectivity index (χ1v) is 11.6. The van der Waals surface area contributed by atoms with Gasteiger partial charge < -0.3 is 14.1 Å². The molecule has 0 N–H and O–H groups in total. The second-order valence-corrected chi connectivity index (χ2v) is 12.9. The van der Waals surface area contributed by atoms with Gasteiger partial charge in [0.25, 0.3) is 0 Å². The zero-order chi connectivity index (χ0) is 18.1. The topological polar surface area (TPSA) is 38.8 Å². The second kappa shape index (κ2) is 6.88. The molecule has 0 saturated heterocycles. The standard InChI is InChI=1S/C19H31NO3Si/c1-14-8-9-17-16(10-11-20(17)15(2)21)18(14)22-12-13-23-24(6,7)19(3,4)5/h8-9H,10-13H2,1-7H3. The van der Waals surface area contributed by atoms with Crippen LogP contribution < -0.4 is 9.64 Å². The highest BCUT2D eigenvalue weighted by Crippen LogP contribution is 2.38. The summed E-state index contributed by atoms with van der Waals surface area (Å²) in [5, 5.41) is 0.207. The van der Waals surface area contributed by atoms with E-state index in [1.807, 2.05) is 17.0 Å². The van der Waals surface area contributed by atoms with E-state index < -0.39 is 8.32 Å². The van der Waals surface area contributed by atoms with Crippen molar-refractivity contribution in [2.45, 2.75) is 59.2 Å². The number of ether oxygens (including phenoxy) is 1. The molecule has 1 aromatic rings. The van der Waals surface area contributed by atoms with Gasteiger partial charge in [0, 0.05) is 19.0 Å². The first-order valence-electron chi connectivity index (χ1n) is 8.72. The third kappa shape index (κ3) is 3.83. The average Bonchev–Trinajstić information content (AvgIpc) is 2.88. The maximum Gasteiger partial charge on any atom is 0.223 e. The van der Waals surface area contributed by atoms with E-state index in [0.29, 0.717) is 13.2 Å². The summed E-state index contributed by atoms with van der Waals surface area (Å²) >= 11 is 0. The Labute approximate surface area is 147 Å². The molecule has 5 heteroatoms. The fraction of sp³-hybridized carbons (Fsp3) is 0.632. The minimum atomic E-state index is -1.74. The number of carbonyl (C=O) groups is 1. The predicted molar refractivity (Wildman–Crippen MR) is 102 cm³/mol. The van der Waals surface area contributed by atoms with Crippen molar-refractivity contribution in [2.75, 3.05) is 24.7 Å². The third-order valence-corrected chi connectivity index (χ3v) is 9.83. The molecule has 0 unspecified atom stereocenters. The Kier molecular flexibility index (Phi) is 5.45. The zero-order valence-corrected chi connectivity index (χ0v) is 17.2. The van der Waals surface area contributed by atoms with Crippen molar-refractivity contribution in [3.8, 4) is 5.75 Å². The Balaban J connectivity index is 2.03. The normalized spacial score (nSPS) is 14.7. The molecule has 1 aromatic carbocycles. The number of aryl methyl sites for hydroxylation is 1. The molecule has 1 amide bonds. The molecule has 134 valence electrons. The van der Waals surface area contributed by atoms with Gasteiger partial charge >= 0.3 is 0 Å². The molecule has 24 heavy (non-hydrogen) atoms. The van der Waals surface area contributed by atoms with E-state index in [1.54, 1.807) is 6.92 Å². The monoisotopic (exact) mass is 349 g/mol. The first-order chi connectivity index (χ1) is 11.0. The van der Waals surface area contributed by atoms with Gasteiger partial charge in [0.05, 0.1) is 12.3 Å². The van der Waals surface area contributed by atoms with Crippen LogP contribution in [0.5, 0.6) is 5.75 Å². The minimum absolute atomic E-state index is 0.0878. The van der Waals surface area contributed by atoms with Gasteiger partial charge in [-0.05, 0) is 43.1 Å². The third-order valence-electron chi connectivity index (χ3n) is 5.29. The number of hydrogen-bond acceptors (Lipinski definition) is 3. The Hall–Kier alpha value is -1.33. The highest BCUT2D eigenvalue weighted by atomic mass is 28.4. The molecule has 1 aliphatic rings. The number of anilines is 1. The lowest BCUT2D eigenvalue weighted by molar-refractivity contribution is -0.116. The largest absolute Gasteiger partial charge is 0.491 e. The minimum Gasteiger partial charge on any atom is -0.491 e. The van der Waals surface area contributed by atoms with E-state index in [9.17, 15) is 4.79 Å². The van der Waals surface area contributed by atoms with E-state index in [2.05, 4.69) is 40.8 Å². The van der Waals surface area contributed by atoms with Gasteiger partial charge in [0.1, 0.15) is 12.4 Å². The van der Waals surface area contributed by atoms with Crippen LogP contribution in [0.15, 0.2) is 12.1 Å². The summed E-state index contributed by atoms with van der Waals surface area (Å²) in [5.74, 6) is 1.01. The Morgan fingerprint density at radius 3 is 2.50 bits per heavy atom. The molecule has 0 atom stereocenters. The number of carbonyl (C=O) groups excluding carboxylic acids is 1. The molecule has 4 nitrogen and oxygen atoms in total. The summed E-state index contributed by atoms with van der Waals surface area (Å²) in [6, 6.07) is 4.06. The van der Waals surface area contributed by atoms with Gasteiger partial charge in [-0.15, -0.1) is 0 Å². The number of hydrogen-bond donors (Lipinski definition) is 0. The molecular formula is C19H31NO3Si. The number of nitrogens with zero attached hydrogens (tertiary/aromatic N) is 1. The van der Waals surface area contributed by atoms with Crippen molar-refractivity contribution in [1.29, 1.82) is 0 Å². The van der Waals surface area contributed by atoms with E-state index in [1.165, 1.54) is 0 Å². The molecule has 0 bridgehead atoms. The molecule has 0 radical (unpaired) electrons. The fourth-order valence-electron chi connectivity index (χ4n) is 2.76. The van der Waals surface area contributed by atoms with Gasteiger partial charge in [0.2, 0.25) is 5.91 Å². The summed E-state index contributed by atoms with van der Waals surface area (Å²) in [4.78, 5) is 13.6. The summed E-state index contributed by atoms with van der Waals surface area (Å²) in [7, 11) is -1.74. The highest BCUT2D eigenvalue weighted by Gasteiger charge is 2.37. The van der Waals surface area contributed by atoms with Crippen molar-refractivity contribution in [3.05, 3.63) is 23.3 Å². The molecule has 0 spiro atoms. The molecule has 1 aliphatic heterocycles. The van der Waals surface area contributed by atoms with Gasteiger partial charge in [0.15, 0.2) is 8.32 Å². The van der Waals surface area contributed by atoms with Gasteiger partial charge in [-0.25, -0.2) is 0 Å². The van der Waals surface area contributed by atoms with Gasteiger partial charge in [-0.1, -0.05) is 26.8 Å². The summed E-state index contributed by atoms with van der Waals surface area (Å²) in [5.41, 5.74) is 3.26. The summed E-state index contributed by atoms with van der Waals surface area (Å²) < 4.78 is 12.3. The first kappa shape index (κ1) is 19.0. The number of benzene rings is 1. The number of rotatable bonds is 5. The van der Waals surface area contributed by atoms with E-state index in [4.69, 9.17) is 9.16 Å².